The highest BCUT2D eigenvalue weighted by molar-refractivity contribution is 6.31. The van der Waals surface area contributed by atoms with Crippen LogP contribution in [0.5, 0.6) is 11.5 Å². The molecular weight excluding hydrogens is 410 g/mol. The minimum atomic E-state index is -0.773. The Morgan fingerprint density at radius 1 is 1.10 bits per heavy atom. The van der Waals surface area contributed by atoms with E-state index in [-0.39, 0.29) is 29.5 Å². The minimum Gasteiger partial charge on any atom is -0.482 e. The molecule has 2 aromatic carbocycles. The van der Waals surface area contributed by atoms with E-state index in [9.17, 15) is 14.4 Å². The molecule has 30 heavy (non-hydrogen) atoms. The predicted molar refractivity (Wildman–Crippen MR) is 112 cm³/mol. The van der Waals surface area contributed by atoms with Crippen molar-refractivity contribution >= 4 is 34.4 Å². The van der Waals surface area contributed by atoms with Crippen LogP contribution in [0.4, 0.5) is 0 Å². The highest BCUT2D eigenvalue weighted by atomic mass is 35.5. The van der Waals surface area contributed by atoms with Crippen molar-refractivity contribution in [1.29, 1.82) is 0 Å². The number of halogens is 1. The van der Waals surface area contributed by atoms with Crippen LogP contribution in [-0.4, -0.2) is 24.5 Å². The molecule has 1 heterocycles. The molecule has 8 heteroatoms. The van der Waals surface area contributed by atoms with Gasteiger partial charge in [-0.05, 0) is 62.7 Å². The molecule has 156 valence electrons. The van der Waals surface area contributed by atoms with Crippen molar-refractivity contribution in [2.75, 3.05) is 6.61 Å². The smallest absolute Gasteiger partial charge is 0.349 e. The van der Waals surface area contributed by atoms with E-state index in [1.165, 1.54) is 18.2 Å². The van der Waals surface area contributed by atoms with Crippen LogP contribution in [-0.2, 0) is 4.79 Å². The molecule has 3 aromatic rings. The first-order valence-electron chi connectivity index (χ1n) is 9.21. The number of benzene rings is 2. The lowest BCUT2D eigenvalue weighted by Gasteiger charge is -2.09. The molecule has 1 amide bonds. The maximum Gasteiger partial charge on any atom is 0.349 e. The molecule has 0 saturated carbocycles. The highest BCUT2D eigenvalue weighted by Crippen LogP contribution is 2.22. The number of aryl methyl sites for hydroxylation is 1. The zero-order valence-corrected chi connectivity index (χ0v) is 17.4. The third-order valence-corrected chi connectivity index (χ3v) is 4.51. The monoisotopic (exact) mass is 429 g/mol. The normalized spacial score (nSPS) is 10.8. The van der Waals surface area contributed by atoms with E-state index in [4.69, 9.17) is 25.5 Å². The minimum absolute atomic E-state index is 0.0902. The number of amides is 1. The second-order valence-electron chi connectivity index (χ2n) is 6.95. The third-order valence-electron chi connectivity index (χ3n) is 4.09. The predicted octanol–water partition coefficient (Wildman–Crippen LogP) is 3.88. The summed E-state index contributed by atoms with van der Waals surface area (Å²) in [5, 5.41) is 3.77. The zero-order chi connectivity index (χ0) is 21.8. The van der Waals surface area contributed by atoms with Crippen molar-refractivity contribution in [3.63, 3.8) is 0 Å². The molecule has 7 nitrogen and oxygen atoms in total. The fraction of sp³-hybridized carbons (Fsp3) is 0.227. The molecule has 1 aromatic heterocycles. The second-order valence-corrected chi connectivity index (χ2v) is 7.36. The van der Waals surface area contributed by atoms with Crippen LogP contribution in [0.3, 0.4) is 0 Å². The topological polar surface area (TPSA) is 94.8 Å². The Morgan fingerprint density at radius 3 is 2.53 bits per heavy atom. The van der Waals surface area contributed by atoms with Crippen molar-refractivity contribution in [1.82, 2.24) is 5.32 Å². The lowest BCUT2D eigenvalue weighted by molar-refractivity contribution is -0.136. The number of ether oxygens (including phenoxy) is 2. The zero-order valence-electron chi connectivity index (χ0n) is 16.7. The first-order valence-corrected chi connectivity index (χ1v) is 9.59. The van der Waals surface area contributed by atoms with Crippen molar-refractivity contribution in [3.05, 3.63) is 69.0 Å². The third kappa shape index (κ3) is 5.18. The summed E-state index contributed by atoms with van der Waals surface area (Å²) in [6.07, 6.45) is 0. The Bertz CT molecular complexity index is 1170. The molecule has 0 bridgehead atoms. The van der Waals surface area contributed by atoms with E-state index in [2.05, 4.69) is 5.32 Å². The fourth-order valence-corrected chi connectivity index (χ4v) is 2.78. The fourth-order valence-electron chi connectivity index (χ4n) is 2.66. The van der Waals surface area contributed by atoms with Gasteiger partial charge >= 0.3 is 11.6 Å². The van der Waals surface area contributed by atoms with Crippen molar-refractivity contribution in [3.8, 4) is 11.5 Å². The summed E-state index contributed by atoms with van der Waals surface area (Å²) in [4.78, 5) is 36.3. The van der Waals surface area contributed by atoms with E-state index in [0.29, 0.717) is 16.2 Å². The van der Waals surface area contributed by atoms with Gasteiger partial charge in [0.2, 0.25) is 0 Å². The van der Waals surface area contributed by atoms with E-state index < -0.39 is 17.5 Å². The first kappa shape index (κ1) is 21.4. The van der Waals surface area contributed by atoms with Gasteiger partial charge in [-0.2, -0.15) is 0 Å². The van der Waals surface area contributed by atoms with E-state index in [1.54, 1.807) is 38.1 Å². The first-order chi connectivity index (χ1) is 14.2. The highest BCUT2D eigenvalue weighted by Gasteiger charge is 2.15. The van der Waals surface area contributed by atoms with Crippen LogP contribution >= 0.6 is 11.6 Å². The number of fused-ring (bicyclic) bond motifs is 1. The van der Waals surface area contributed by atoms with Crippen molar-refractivity contribution in [2.24, 2.45) is 0 Å². The van der Waals surface area contributed by atoms with Crippen LogP contribution in [0.25, 0.3) is 11.0 Å². The number of esters is 1. The van der Waals surface area contributed by atoms with Gasteiger partial charge in [0.15, 0.2) is 6.61 Å². The second kappa shape index (κ2) is 9.00. The van der Waals surface area contributed by atoms with Gasteiger partial charge < -0.3 is 19.2 Å². The van der Waals surface area contributed by atoms with Gasteiger partial charge in [0.25, 0.3) is 5.91 Å². The Labute approximate surface area is 177 Å². The Morgan fingerprint density at radius 2 is 1.83 bits per heavy atom. The molecule has 0 radical (unpaired) electrons. The SMILES string of the molecule is Cc1cc(OCC(=O)Oc2ccc3cc(C(=O)NC(C)C)c(=O)oc3c2)ccc1Cl. The largest absolute Gasteiger partial charge is 0.482 e. The van der Waals surface area contributed by atoms with Gasteiger partial charge in [-0.3, -0.25) is 4.79 Å². The Balaban J connectivity index is 1.70. The summed E-state index contributed by atoms with van der Waals surface area (Å²) in [6, 6.07) is 10.9. The molecule has 0 fully saturated rings. The molecule has 3 rings (SSSR count). The van der Waals surface area contributed by atoms with Crippen LogP contribution in [0, 0.1) is 6.92 Å². The van der Waals surface area contributed by atoms with E-state index in [0.717, 1.165) is 5.56 Å². The standard InChI is InChI=1S/C22H20ClNO6/c1-12(2)24-21(26)17-9-14-4-5-16(10-19(14)30-22(17)27)29-20(25)11-28-15-6-7-18(23)13(3)8-15/h4-10,12H,11H2,1-3H3,(H,24,26). The Hall–Kier alpha value is -3.32. The van der Waals surface area contributed by atoms with Gasteiger partial charge in [0, 0.05) is 22.5 Å². The van der Waals surface area contributed by atoms with E-state index in [1.807, 2.05) is 6.92 Å². The molecule has 0 atom stereocenters. The number of rotatable bonds is 6. The molecule has 1 N–H and O–H groups in total. The van der Waals surface area contributed by atoms with Crippen LogP contribution in [0.15, 0.2) is 51.7 Å². The van der Waals surface area contributed by atoms with E-state index >= 15 is 0 Å². The lowest BCUT2D eigenvalue weighted by Crippen LogP contribution is -2.33. The van der Waals surface area contributed by atoms with Crippen LogP contribution in [0.2, 0.25) is 5.02 Å². The summed E-state index contributed by atoms with van der Waals surface area (Å²) in [6.45, 7) is 5.10. The number of hydrogen-bond donors (Lipinski definition) is 1. The maximum absolute atomic E-state index is 12.1. The summed E-state index contributed by atoms with van der Waals surface area (Å²) in [7, 11) is 0. The lowest BCUT2D eigenvalue weighted by atomic mass is 10.1. The molecule has 0 spiro atoms. The number of hydrogen-bond acceptors (Lipinski definition) is 6. The van der Waals surface area contributed by atoms with Gasteiger partial charge in [-0.1, -0.05) is 11.6 Å². The quantitative estimate of drug-likeness (QED) is 0.363. The van der Waals surface area contributed by atoms with Crippen molar-refractivity contribution in [2.45, 2.75) is 26.8 Å². The summed E-state index contributed by atoms with van der Waals surface area (Å²) in [5.41, 5.74) is 0.160. The Kier molecular flexibility index (Phi) is 6.42. The van der Waals surface area contributed by atoms with Gasteiger partial charge in [0.1, 0.15) is 22.6 Å². The van der Waals surface area contributed by atoms with Crippen LogP contribution in [0.1, 0.15) is 29.8 Å². The molecular formula is C22H20ClNO6. The van der Waals surface area contributed by atoms with Crippen LogP contribution < -0.4 is 20.4 Å². The molecule has 0 aliphatic heterocycles. The molecule has 0 unspecified atom stereocenters. The average Bonchev–Trinajstić information content (AvgIpc) is 2.67. The molecule has 0 saturated heterocycles. The number of carbonyl (C=O) groups excluding carboxylic acids is 2. The van der Waals surface area contributed by atoms with Gasteiger partial charge in [-0.15, -0.1) is 0 Å². The number of nitrogens with one attached hydrogen (secondary N) is 1. The van der Waals surface area contributed by atoms with Gasteiger partial charge in [0.05, 0.1) is 0 Å². The summed E-state index contributed by atoms with van der Waals surface area (Å²) >= 11 is 5.96. The number of carbonyl (C=O) groups is 2. The maximum atomic E-state index is 12.1. The van der Waals surface area contributed by atoms with Gasteiger partial charge in [-0.25, -0.2) is 9.59 Å². The molecule has 0 aliphatic rings. The summed E-state index contributed by atoms with van der Waals surface area (Å²) < 4.78 is 15.9. The molecule has 0 aliphatic carbocycles. The summed E-state index contributed by atoms with van der Waals surface area (Å²) in [5.74, 6) is -0.459. The van der Waals surface area contributed by atoms with Crippen molar-refractivity contribution < 1.29 is 23.5 Å². The average molecular weight is 430 g/mol.